The molecular formula is C13H17N3O. The van der Waals surface area contributed by atoms with Crippen LogP contribution in [0.25, 0.3) is 11.1 Å². The highest BCUT2D eigenvalue weighted by atomic mass is 16.4. The minimum atomic E-state index is 0.483. The fourth-order valence-corrected chi connectivity index (χ4v) is 2.36. The van der Waals surface area contributed by atoms with Gasteiger partial charge in [0.05, 0.1) is 0 Å². The normalized spacial score (nSPS) is 21.0. The second-order valence-corrected chi connectivity index (χ2v) is 4.42. The van der Waals surface area contributed by atoms with Crippen molar-refractivity contribution in [2.24, 2.45) is 0 Å². The minimum absolute atomic E-state index is 0.483. The van der Waals surface area contributed by atoms with Gasteiger partial charge in [-0.15, -0.1) is 0 Å². The van der Waals surface area contributed by atoms with Crippen molar-refractivity contribution in [1.29, 1.82) is 0 Å². The Hall–Kier alpha value is -1.55. The van der Waals surface area contributed by atoms with Crippen molar-refractivity contribution in [1.82, 2.24) is 10.3 Å². The van der Waals surface area contributed by atoms with E-state index in [1.807, 2.05) is 24.3 Å². The third-order valence-electron chi connectivity index (χ3n) is 3.35. The molecule has 4 heteroatoms. The maximum absolute atomic E-state index is 5.83. The first-order valence-electron chi connectivity index (χ1n) is 6.21. The molecule has 1 N–H and O–H groups in total. The van der Waals surface area contributed by atoms with Gasteiger partial charge in [-0.05, 0) is 18.6 Å². The van der Waals surface area contributed by atoms with Gasteiger partial charge in [0.15, 0.2) is 5.58 Å². The summed E-state index contributed by atoms with van der Waals surface area (Å²) in [7, 11) is 0. The minimum Gasteiger partial charge on any atom is -0.423 e. The van der Waals surface area contributed by atoms with Gasteiger partial charge in [-0.3, -0.25) is 0 Å². The van der Waals surface area contributed by atoms with Crippen LogP contribution >= 0.6 is 0 Å². The van der Waals surface area contributed by atoms with Crippen LogP contribution in [0.3, 0.4) is 0 Å². The van der Waals surface area contributed by atoms with E-state index in [4.69, 9.17) is 4.42 Å². The lowest BCUT2D eigenvalue weighted by Crippen LogP contribution is -2.51. The smallest absolute Gasteiger partial charge is 0.298 e. The molecule has 1 aromatic heterocycles. The maximum atomic E-state index is 5.83. The Balaban J connectivity index is 1.96. The summed E-state index contributed by atoms with van der Waals surface area (Å²) in [6, 6.07) is 9.17. The van der Waals surface area contributed by atoms with Crippen LogP contribution in [0, 0.1) is 0 Å². The topological polar surface area (TPSA) is 41.3 Å². The van der Waals surface area contributed by atoms with E-state index in [0.717, 1.165) is 43.2 Å². The van der Waals surface area contributed by atoms with Crippen LogP contribution in [0.5, 0.6) is 0 Å². The first kappa shape index (κ1) is 10.6. The fraction of sp³-hybridized carbons (Fsp3) is 0.462. The van der Waals surface area contributed by atoms with E-state index >= 15 is 0 Å². The van der Waals surface area contributed by atoms with Gasteiger partial charge in [0, 0.05) is 25.7 Å². The number of hydrogen-bond donors (Lipinski definition) is 1. The molecule has 90 valence electrons. The van der Waals surface area contributed by atoms with Crippen molar-refractivity contribution in [3.05, 3.63) is 24.3 Å². The van der Waals surface area contributed by atoms with Crippen LogP contribution in [0.15, 0.2) is 28.7 Å². The zero-order chi connectivity index (χ0) is 11.7. The number of nitrogens with one attached hydrogen (secondary N) is 1. The van der Waals surface area contributed by atoms with Crippen molar-refractivity contribution in [3.8, 4) is 0 Å². The van der Waals surface area contributed by atoms with Gasteiger partial charge in [-0.25, -0.2) is 0 Å². The molecule has 17 heavy (non-hydrogen) atoms. The molecule has 0 aliphatic carbocycles. The number of aromatic nitrogens is 1. The quantitative estimate of drug-likeness (QED) is 0.858. The number of oxazole rings is 1. The molecular weight excluding hydrogens is 214 g/mol. The summed E-state index contributed by atoms with van der Waals surface area (Å²) in [6.45, 7) is 5.17. The van der Waals surface area contributed by atoms with Gasteiger partial charge in [-0.2, -0.15) is 4.98 Å². The summed E-state index contributed by atoms with van der Waals surface area (Å²) < 4.78 is 5.83. The first-order valence-corrected chi connectivity index (χ1v) is 6.21. The SMILES string of the molecule is CCC1CNCCN1c1nc2ccccc2o1. The van der Waals surface area contributed by atoms with E-state index < -0.39 is 0 Å². The molecule has 1 aliphatic heterocycles. The molecule has 4 nitrogen and oxygen atoms in total. The molecule has 1 fully saturated rings. The Bertz CT molecular complexity index is 475. The molecule has 0 radical (unpaired) electrons. The van der Waals surface area contributed by atoms with Crippen molar-refractivity contribution in [2.45, 2.75) is 19.4 Å². The summed E-state index contributed by atoms with van der Waals surface area (Å²) in [4.78, 5) is 6.84. The van der Waals surface area contributed by atoms with E-state index in [1.54, 1.807) is 0 Å². The Morgan fingerprint density at radius 3 is 3.18 bits per heavy atom. The van der Waals surface area contributed by atoms with Crippen LogP contribution in [0.1, 0.15) is 13.3 Å². The lowest BCUT2D eigenvalue weighted by molar-refractivity contribution is 0.430. The van der Waals surface area contributed by atoms with E-state index in [1.165, 1.54) is 0 Å². The largest absolute Gasteiger partial charge is 0.423 e. The highest BCUT2D eigenvalue weighted by Gasteiger charge is 2.24. The molecule has 0 bridgehead atoms. The van der Waals surface area contributed by atoms with Crippen molar-refractivity contribution in [3.63, 3.8) is 0 Å². The Labute approximate surface area is 101 Å². The molecule has 2 aromatic rings. The summed E-state index contributed by atoms with van der Waals surface area (Å²) >= 11 is 0. The molecule has 0 spiro atoms. The van der Waals surface area contributed by atoms with Gasteiger partial charge in [0.25, 0.3) is 6.01 Å². The van der Waals surface area contributed by atoms with Crippen molar-refractivity contribution < 1.29 is 4.42 Å². The molecule has 0 saturated carbocycles. The molecule has 1 saturated heterocycles. The Kier molecular flexibility index (Phi) is 2.73. The monoisotopic (exact) mass is 231 g/mol. The highest BCUT2D eigenvalue weighted by Crippen LogP contribution is 2.24. The van der Waals surface area contributed by atoms with Crippen molar-refractivity contribution >= 4 is 17.1 Å². The second kappa shape index (κ2) is 4.37. The molecule has 2 heterocycles. The van der Waals surface area contributed by atoms with Crippen molar-refractivity contribution in [2.75, 3.05) is 24.5 Å². The summed E-state index contributed by atoms with van der Waals surface area (Å²) in [5.74, 6) is 0. The number of piperazine rings is 1. The number of nitrogens with zero attached hydrogens (tertiary/aromatic N) is 2. The number of hydrogen-bond acceptors (Lipinski definition) is 4. The average molecular weight is 231 g/mol. The van der Waals surface area contributed by atoms with Crippen LogP contribution in [-0.4, -0.2) is 30.7 Å². The number of para-hydroxylation sites is 2. The lowest BCUT2D eigenvalue weighted by atomic mass is 10.1. The molecule has 1 aromatic carbocycles. The zero-order valence-corrected chi connectivity index (χ0v) is 10.0. The summed E-state index contributed by atoms with van der Waals surface area (Å²) in [5.41, 5.74) is 1.81. The Morgan fingerprint density at radius 2 is 2.35 bits per heavy atom. The molecule has 1 atom stereocenters. The van der Waals surface area contributed by atoms with E-state index in [-0.39, 0.29) is 0 Å². The molecule has 0 amide bonds. The maximum Gasteiger partial charge on any atom is 0.298 e. The fourth-order valence-electron chi connectivity index (χ4n) is 2.36. The van der Waals surface area contributed by atoms with Gasteiger partial charge in [0.1, 0.15) is 5.52 Å². The predicted octanol–water partition coefficient (Wildman–Crippen LogP) is 2.02. The lowest BCUT2D eigenvalue weighted by Gasteiger charge is -2.34. The highest BCUT2D eigenvalue weighted by molar-refractivity contribution is 5.74. The van der Waals surface area contributed by atoms with Crippen LogP contribution < -0.4 is 10.2 Å². The summed E-state index contributed by atoms with van der Waals surface area (Å²) in [5, 5.41) is 3.41. The Morgan fingerprint density at radius 1 is 1.47 bits per heavy atom. The predicted molar refractivity (Wildman–Crippen MR) is 68.3 cm³/mol. The number of benzene rings is 1. The van der Waals surface area contributed by atoms with E-state index in [2.05, 4.69) is 22.1 Å². The van der Waals surface area contributed by atoms with Crippen LogP contribution in [0.2, 0.25) is 0 Å². The number of rotatable bonds is 2. The van der Waals surface area contributed by atoms with E-state index in [9.17, 15) is 0 Å². The van der Waals surface area contributed by atoms with Gasteiger partial charge in [0.2, 0.25) is 0 Å². The zero-order valence-electron chi connectivity index (χ0n) is 10.0. The van der Waals surface area contributed by atoms with Crippen LogP contribution in [-0.2, 0) is 0 Å². The van der Waals surface area contributed by atoms with E-state index in [0.29, 0.717) is 6.04 Å². The molecule has 1 aliphatic rings. The number of fused-ring (bicyclic) bond motifs is 1. The second-order valence-electron chi connectivity index (χ2n) is 4.42. The van der Waals surface area contributed by atoms with Gasteiger partial charge >= 0.3 is 0 Å². The standard InChI is InChI=1S/C13H17N3O/c1-2-10-9-14-7-8-16(10)13-15-11-5-3-4-6-12(11)17-13/h3-6,10,14H,2,7-9H2,1H3. The average Bonchev–Trinajstić information content (AvgIpc) is 2.82. The van der Waals surface area contributed by atoms with Crippen LogP contribution in [0.4, 0.5) is 6.01 Å². The van der Waals surface area contributed by atoms with Gasteiger partial charge in [-0.1, -0.05) is 19.1 Å². The van der Waals surface area contributed by atoms with Gasteiger partial charge < -0.3 is 14.6 Å². The first-order chi connectivity index (χ1) is 8.38. The molecule has 1 unspecified atom stereocenters. The number of anilines is 1. The summed E-state index contributed by atoms with van der Waals surface area (Å²) in [6.07, 6.45) is 1.10. The third kappa shape index (κ3) is 1.89. The third-order valence-corrected chi connectivity index (χ3v) is 3.35. The molecule has 3 rings (SSSR count).